The predicted octanol–water partition coefficient (Wildman–Crippen LogP) is 5.32. The predicted molar refractivity (Wildman–Crippen MR) is 181 cm³/mol. The number of aromatic nitrogens is 3. The smallest absolute Gasteiger partial charge is 0.497 e. The Morgan fingerprint density at radius 3 is 2.23 bits per heavy atom. The molecule has 1 saturated heterocycles. The second-order valence-corrected chi connectivity index (χ2v) is 12.6. The average molecular weight is 673 g/mol. The molecule has 1 aliphatic rings. The van der Waals surface area contributed by atoms with Gasteiger partial charge in [0.2, 0.25) is 5.95 Å². The Morgan fingerprint density at radius 1 is 1.06 bits per heavy atom. The van der Waals surface area contributed by atoms with Crippen molar-refractivity contribution < 1.29 is 29.2 Å². The molecule has 0 bridgehead atoms. The van der Waals surface area contributed by atoms with Gasteiger partial charge in [0.15, 0.2) is 5.65 Å². The number of anilines is 1. The molecule has 12 nitrogen and oxygen atoms in total. The van der Waals surface area contributed by atoms with Crippen molar-refractivity contribution in [2.24, 2.45) is 5.92 Å². The molecule has 0 saturated carbocycles. The van der Waals surface area contributed by atoms with E-state index in [0.29, 0.717) is 23.5 Å². The first-order chi connectivity index (χ1) is 23.2. The number of benzene rings is 3. The van der Waals surface area contributed by atoms with Crippen LogP contribution in [0.2, 0.25) is 0 Å². The maximum atomic E-state index is 13.7. The maximum Gasteiger partial charge on any atom is 0.506 e. The molecule has 0 amide bonds. The number of carbonyl (C=O) groups is 1. The zero-order valence-electron chi connectivity index (χ0n) is 26.5. The first kappa shape index (κ1) is 32.9. The highest BCUT2D eigenvalue weighted by Gasteiger charge is 2.45. The molecule has 48 heavy (non-hydrogen) atoms. The van der Waals surface area contributed by atoms with Gasteiger partial charge >= 0.3 is 11.0 Å². The van der Waals surface area contributed by atoms with Crippen molar-refractivity contribution in [2.45, 2.75) is 56.8 Å². The van der Waals surface area contributed by atoms with Crippen molar-refractivity contribution in [1.82, 2.24) is 14.5 Å². The van der Waals surface area contributed by atoms with Gasteiger partial charge in [0.1, 0.15) is 28.3 Å². The average Bonchev–Trinajstić information content (AvgIpc) is 3.68. The molecule has 4 N–H and O–H groups in total. The number of fused-ring (bicyclic) bond motifs is 1. The van der Waals surface area contributed by atoms with E-state index in [9.17, 15) is 24.6 Å². The van der Waals surface area contributed by atoms with Crippen LogP contribution in [0.15, 0.2) is 94.5 Å². The van der Waals surface area contributed by atoms with Crippen molar-refractivity contribution >= 4 is 33.8 Å². The number of nitrogens with one attached hydrogen (secondary N) is 2. The van der Waals surface area contributed by atoms with Crippen LogP contribution in [-0.4, -0.2) is 56.3 Å². The van der Waals surface area contributed by atoms with E-state index in [1.807, 2.05) is 84.9 Å². The van der Waals surface area contributed by atoms with Crippen LogP contribution in [0.3, 0.4) is 0 Å². The maximum absolute atomic E-state index is 13.7. The highest BCUT2D eigenvalue weighted by Crippen LogP contribution is 2.42. The quantitative estimate of drug-likeness (QED) is 0.107. The number of carboxylic acid groups (broad SMARTS) is 1. The molecule has 0 spiro atoms. The topological polar surface area (TPSA) is 165 Å². The number of ether oxygens (including phenoxy) is 3. The van der Waals surface area contributed by atoms with Crippen LogP contribution in [0.25, 0.3) is 10.3 Å². The van der Waals surface area contributed by atoms with E-state index in [-0.39, 0.29) is 22.7 Å². The Labute approximate surface area is 279 Å². The molecule has 5 atom stereocenters. The zero-order chi connectivity index (χ0) is 34.0. The van der Waals surface area contributed by atoms with Gasteiger partial charge in [-0.1, -0.05) is 91.1 Å². The lowest BCUT2D eigenvalue weighted by Gasteiger charge is -2.37. The number of nitrogens with zero attached hydrogens (tertiary/aromatic N) is 2. The minimum Gasteiger partial charge on any atom is -0.497 e. The van der Waals surface area contributed by atoms with E-state index >= 15 is 0 Å². The van der Waals surface area contributed by atoms with Gasteiger partial charge in [-0.25, -0.2) is 4.79 Å². The number of aliphatic hydroxyl groups excluding tert-OH is 1. The number of hydrogen-bond acceptors (Lipinski definition) is 10. The number of aliphatic hydroxyl groups is 1. The number of methoxy groups -OCH3 is 1. The van der Waals surface area contributed by atoms with Crippen LogP contribution >= 0.6 is 11.3 Å². The number of H-pyrrole nitrogens is 1. The Hall–Kier alpha value is -4.98. The summed E-state index contributed by atoms with van der Waals surface area (Å²) >= 11 is 0.715. The Bertz CT molecular complexity index is 1960. The fourth-order valence-electron chi connectivity index (χ4n) is 6.48. The standard InChI is InChI=1S/C35H36N4O8S/c1-4-26(40)27-19-25(20(2)46-34(43)44)31(47-27)39-29-28(48-33(39)42)30(41)37-32(36-29)38-35(21-11-7-5-8-12-21,22-13-9-6-10-14-22)23-15-17-24(45-3)18-16-23/h5-18,20,25-27,31,40H,4,19H2,1-3H3,(H,43,44)(H2,36,37,38,41)/t20?,25-,26?,27-,31+/m0/s1. The van der Waals surface area contributed by atoms with Crippen molar-refractivity contribution in [3.8, 4) is 5.75 Å². The van der Waals surface area contributed by atoms with Gasteiger partial charge in [-0.3, -0.25) is 19.1 Å². The van der Waals surface area contributed by atoms with Gasteiger partial charge in [-0.2, -0.15) is 4.98 Å². The van der Waals surface area contributed by atoms with Crippen LogP contribution < -0.4 is 20.5 Å². The largest absolute Gasteiger partial charge is 0.506 e. The third-order valence-corrected chi connectivity index (χ3v) is 9.84. The lowest BCUT2D eigenvalue weighted by atomic mass is 9.77. The molecule has 2 aromatic heterocycles. The summed E-state index contributed by atoms with van der Waals surface area (Å²) in [5.74, 6) is 0.104. The van der Waals surface area contributed by atoms with E-state index in [2.05, 4.69) is 10.3 Å². The molecule has 5 aromatic rings. The summed E-state index contributed by atoms with van der Waals surface area (Å²) in [7, 11) is 1.59. The fourth-order valence-corrected chi connectivity index (χ4v) is 7.32. The lowest BCUT2D eigenvalue weighted by molar-refractivity contribution is -0.0759. The second kappa shape index (κ2) is 13.6. The normalized spacial score (nSPS) is 19.1. The van der Waals surface area contributed by atoms with Crippen molar-refractivity contribution in [2.75, 3.05) is 12.4 Å². The van der Waals surface area contributed by atoms with E-state index in [4.69, 9.17) is 19.2 Å². The molecule has 1 fully saturated rings. The molecule has 13 heteroatoms. The molecular weight excluding hydrogens is 636 g/mol. The van der Waals surface area contributed by atoms with Gasteiger partial charge in [0.05, 0.1) is 19.3 Å². The minimum atomic E-state index is -1.47. The van der Waals surface area contributed by atoms with Gasteiger partial charge in [-0.05, 0) is 48.6 Å². The van der Waals surface area contributed by atoms with Crippen LogP contribution in [-0.2, 0) is 15.0 Å². The monoisotopic (exact) mass is 672 g/mol. The minimum absolute atomic E-state index is 0.0603. The van der Waals surface area contributed by atoms with Crippen LogP contribution in [0.1, 0.15) is 49.6 Å². The van der Waals surface area contributed by atoms with Crippen molar-refractivity contribution in [3.05, 3.63) is 122 Å². The van der Waals surface area contributed by atoms with Crippen molar-refractivity contribution in [3.63, 3.8) is 0 Å². The van der Waals surface area contributed by atoms with E-state index in [0.717, 1.165) is 16.7 Å². The SMILES string of the molecule is CCC(O)[C@@H]1C[C@@H](C(C)OC(=O)O)[C@H](n2c(=O)sc3c(=O)[nH]c(NC(c4ccccc4)(c4ccccc4)c4ccc(OC)cc4)nc32)O1. The van der Waals surface area contributed by atoms with Gasteiger partial charge < -0.3 is 29.7 Å². The first-order valence-electron chi connectivity index (χ1n) is 15.6. The van der Waals surface area contributed by atoms with E-state index in [1.54, 1.807) is 21.0 Å². The number of aromatic amines is 1. The fraction of sp³-hybridized carbons (Fsp3) is 0.314. The number of hydrogen-bond donors (Lipinski definition) is 4. The lowest BCUT2D eigenvalue weighted by Crippen LogP contribution is -2.39. The summed E-state index contributed by atoms with van der Waals surface area (Å²) in [5, 5.41) is 23.5. The molecule has 250 valence electrons. The molecule has 6 rings (SSSR count). The summed E-state index contributed by atoms with van der Waals surface area (Å²) in [6, 6.07) is 27.0. The van der Waals surface area contributed by atoms with Crippen LogP contribution in [0.5, 0.6) is 5.75 Å². The Morgan fingerprint density at radius 2 is 1.67 bits per heavy atom. The molecule has 0 radical (unpaired) electrons. The Kier molecular flexibility index (Phi) is 9.35. The second-order valence-electron chi connectivity index (χ2n) is 11.7. The van der Waals surface area contributed by atoms with Gasteiger partial charge in [-0.15, -0.1) is 0 Å². The summed E-state index contributed by atoms with van der Waals surface area (Å²) in [6.45, 7) is 3.37. The Balaban J connectivity index is 1.54. The number of thiazole rings is 1. The van der Waals surface area contributed by atoms with Crippen LogP contribution in [0.4, 0.5) is 10.7 Å². The summed E-state index contributed by atoms with van der Waals surface area (Å²) in [6.07, 6.45) is -4.34. The molecule has 3 heterocycles. The van der Waals surface area contributed by atoms with Crippen molar-refractivity contribution in [1.29, 1.82) is 0 Å². The summed E-state index contributed by atoms with van der Waals surface area (Å²) < 4.78 is 18.1. The molecule has 0 aliphatic carbocycles. The highest BCUT2D eigenvalue weighted by atomic mass is 32.1. The molecule has 3 aromatic carbocycles. The third-order valence-electron chi connectivity index (χ3n) is 8.89. The van der Waals surface area contributed by atoms with Crippen LogP contribution in [0, 0.1) is 5.92 Å². The van der Waals surface area contributed by atoms with Gasteiger partial charge in [0.25, 0.3) is 5.56 Å². The third kappa shape index (κ3) is 6.07. The molecular formula is C35H36N4O8S. The van der Waals surface area contributed by atoms with E-state index in [1.165, 1.54) is 4.57 Å². The number of rotatable bonds is 11. The van der Waals surface area contributed by atoms with E-state index < -0.39 is 52.6 Å². The first-order valence-corrected chi connectivity index (χ1v) is 16.4. The summed E-state index contributed by atoms with van der Waals surface area (Å²) in [5.41, 5.74) is 0.963. The summed E-state index contributed by atoms with van der Waals surface area (Å²) in [4.78, 5) is 45.9. The zero-order valence-corrected chi connectivity index (χ0v) is 27.3. The highest BCUT2D eigenvalue weighted by molar-refractivity contribution is 7.16. The van der Waals surface area contributed by atoms with Gasteiger partial charge in [0, 0.05) is 5.92 Å². The molecule has 1 aliphatic heterocycles. The molecule has 2 unspecified atom stereocenters.